The third kappa shape index (κ3) is 4.55. The molecule has 11 heteroatoms. The number of primary amides is 1. The first-order valence-electron chi connectivity index (χ1n) is 14.1. The first kappa shape index (κ1) is 29.2. The van der Waals surface area contributed by atoms with Crippen LogP contribution in [0.5, 0.6) is 5.75 Å². The number of piperidine rings is 1. The summed E-state index contributed by atoms with van der Waals surface area (Å²) in [6, 6.07) is 2.05. The minimum Gasteiger partial charge on any atom is -0.511 e. The molecule has 1 saturated heterocycles. The van der Waals surface area contributed by atoms with Crippen LogP contribution in [0.15, 0.2) is 34.8 Å². The van der Waals surface area contributed by atoms with Crippen molar-refractivity contribution in [2.45, 2.75) is 44.4 Å². The number of amides is 1. The Labute approximate surface area is 238 Å². The Morgan fingerprint density at radius 1 is 1.15 bits per heavy atom. The van der Waals surface area contributed by atoms with Crippen LogP contribution in [0.25, 0.3) is 0 Å². The quantitative estimate of drug-likeness (QED) is 0.251. The zero-order valence-electron chi connectivity index (χ0n) is 23.9. The molecule has 6 N–H and O–H groups in total. The number of allylic oxidation sites excluding steroid dienone is 1. The molecule has 0 saturated carbocycles. The molecule has 0 bridgehead atoms. The highest BCUT2D eigenvalue weighted by molar-refractivity contribution is 6.15. The van der Waals surface area contributed by atoms with Crippen molar-refractivity contribution in [3.05, 3.63) is 51.5 Å². The minimum atomic E-state index is -2.50. The van der Waals surface area contributed by atoms with E-state index in [4.69, 9.17) is 10.5 Å². The highest BCUT2D eigenvalue weighted by Crippen LogP contribution is 2.55. The Bertz CT molecular complexity index is 1360. The van der Waals surface area contributed by atoms with Gasteiger partial charge in [0.15, 0.2) is 11.6 Å². The van der Waals surface area contributed by atoms with Crippen molar-refractivity contribution in [3.63, 3.8) is 0 Å². The van der Waals surface area contributed by atoms with Crippen molar-refractivity contribution in [1.29, 1.82) is 0 Å². The molecular weight excluding hydrogens is 530 g/mol. The molecule has 1 aliphatic heterocycles. The molecule has 0 aromatic heterocycles. The monoisotopic (exact) mass is 569 g/mol. The number of fused-ring (bicyclic) bond motifs is 3. The summed E-state index contributed by atoms with van der Waals surface area (Å²) in [4.78, 5) is 43.7. The van der Waals surface area contributed by atoms with Crippen molar-refractivity contribution >= 4 is 17.5 Å². The summed E-state index contributed by atoms with van der Waals surface area (Å²) in [5, 5.41) is 45.2. The molecular formula is C30H39N3O8. The predicted octanol–water partition coefficient (Wildman–Crippen LogP) is 1.69. The minimum absolute atomic E-state index is 0.0122. The summed E-state index contributed by atoms with van der Waals surface area (Å²) in [5.74, 6) is -7.61. The number of hydrogen-bond acceptors (Lipinski definition) is 10. The van der Waals surface area contributed by atoms with E-state index in [2.05, 4.69) is 11.8 Å². The number of aromatic hydroxyl groups is 1. The highest BCUT2D eigenvalue weighted by atomic mass is 16.6. The van der Waals surface area contributed by atoms with E-state index in [-0.39, 0.29) is 42.1 Å². The molecule has 1 aromatic carbocycles. The molecule has 0 spiro atoms. The molecule has 5 atom stereocenters. The smallest absolute Gasteiger partial charge is 0.253 e. The Morgan fingerprint density at radius 3 is 2.39 bits per heavy atom. The lowest BCUT2D eigenvalue weighted by molar-refractivity contribution is -0.219. The number of phenolic OH excluding ortho intramolecular Hbond substituents is 1. The molecule has 222 valence electrons. The Hall–Kier alpha value is -3.25. The zero-order valence-corrected chi connectivity index (χ0v) is 23.9. The van der Waals surface area contributed by atoms with Crippen molar-refractivity contribution in [2.75, 3.05) is 40.8 Å². The number of phenols is 1. The van der Waals surface area contributed by atoms with E-state index in [1.807, 2.05) is 0 Å². The van der Waals surface area contributed by atoms with Gasteiger partial charge in [0.05, 0.1) is 24.1 Å². The fourth-order valence-corrected chi connectivity index (χ4v) is 7.54. The predicted molar refractivity (Wildman–Crippen MR) is 148 cm³/mol. The summed E-state index contributed by atoms with van der Waals surface area (Å²) in [7, 11) is 4.49. The van der Waals surface area contributed by atoms with E-state index < -0.39 is 58.4 Å². The molecule has 3 aliphatic carbocycles. The number of Topliss-reactive ketones (excluding diaryl/α,β-unsaturated/α-hetero) is 2. The average molecular weight is 570 g/mol. The SMILES string of the molecule is CO[C@@]1(O)C(C(N)=O)=C(O)[C@@H](N(C)C)C2CC3Cc4c(C(=O)CN5CCC(C)CC5)ccc(O)c4C(=O)C3=C(O)C21. The lowest BCUT2D eigenvalue weighted by Crippen LogP contribution is -2.61. The molecule has 1 fully saturated rings. The lowest BCUT2D eigenvalue weighted by atomic mass is 9.59. The number of rotatable bonds is 6. The van der Waals surface area contributed by atoms with Gasteiger partial charge in [-0.1, -0.05) is 6.92 Å². The van der Waals surface area contributed by atoms with Gasteiger partial charge in [0.1, 0.15) is 22.8 Å². The van der Waals surface area contributed by atoms with Gasteiger partial charge < -0.3 is 30.9 Å². The largest absolute Gasteiger partial charge is 0.511 e. The normalized spacial score (nSPS) is 30.7. The number of carbonyl (C=O) groups is 3. The number of benzene rings is 1. The summed E-state index contributed by atoms with van der Waals surface area (Å²) in [6.45, 7) is 4.04. The van der Waals surface area contributed by atoms with E-state index in [0.717, 1.165) is 33.0 Å². The third-order valence-corrected chi connectivity index (χ3v) is 9.56. The number of methoxy groups -OCH3 is 1. The maximum absolute atomic E-state index is 14.0. The van der Waals surface area contributed by atoms with Crippen molar-refractivity contribution in [1.82, 2.24) is 9.80 Å². The van der Waals surface area contributed by atoms with Crippen LogP contribution < -0.4 is 5.73 Å². The van der Waals surface area contributed by atoms with Crippen LogP contribution >= 0.6 is 0 Å². The Balaban J connectivity index is 1.59. The van der Waals surface area contributed by atoms with Crippen molar-refractivity contribution in [3.8, 4) is 5.75 Å². The molecule has 3 unspecified atom stereocenters. The van der Waals surface area contributed by atoms with Gasteiger partial charge in [-0.3, -0.25) is 24.2 Å². The molecule has 1 amide bonds. The van der Waals surface area contributed by atoms with Crippen LogP contribution in [0, 0.1) is 23.7 Å². The number of nitrogens with zero attached hydrogens (tertiary/aromatic N) is 2. The fourth-order valence-electron chi connectivity index (χ4n) is 7.54. The first-order chi connectivity index (χ1) is 19.3. The standard InChI is InChI=1S/C30H39N3O8/c1-14-7-9-33(10-8-14)13-20(35)16-5-6-19(34)22-17(16)11-15-12-18-23(27(37)21(15)26(22)36)30(40,41-4)24(29(31)39)28(38)25(18)32(2)3/h5-6,14-15,18,23,25,34,37-38,40H,7-13H2,1-4H3,(H2,31,39)/t15?,18?,23?,25-,30+/m0/s1. The van der Waals surface area contributed by atoms with Crippen LogP contribution in [-0.2, 0) is 16.0 Å². The van der Waals surface area contributed by atoms with Crippen molar-refractivity contribution < 1.29 is 39.5 Å². The van der Waals surface area contributed by atoms with Gasteiger partial charge >= 0.3 is 0 Å². The summed E-state index contributed by atoms with van der Waals surface area (Å²) < 4.78 is 5.34. The van der Waals surface area contributed by atoms with Crippen LogP contribution in [0.1, 0.15) is 52.5 Å². The average Bonchev–Trinajstić information content (AvgIpc) is 2.89. The van der Waals surface area contributed by atoms with Gasteiger partial charge in [0.25, 0.3) is 5.91 Å². The first-order valence-corrected chi connectivity index (χ1v) is 14.1. The Morgan fingerprint density at radius 2 is 1.80 bits per heavy atom. The maximum Gasteiger partial charge on any atom is 0.253 e. The molecule has 0 radical (unpaired) electrons. The van der Waals surface area contributed by atoms with Gasteiger partial charge in [0, 0.05) is 18.2 Å². The van der Waals surface area contributed by atoms with Crippen LogP contribution in [0.2, 0.25) is 0 Å². The molecule has 4 aliphatic rings. The molecule has 41 heavy (non-hydrogen) atoms. The number of hydrogen-bond donors (Lipinski definition) is 5. The van der Waals surface area contributed by atoms with E-state index in [0.29, 0.717) is 17.0 Å². The number of ketones is 2. The number of likely N-dealkylation sites (tertiary alicyclic amines) is 1. The maximum atomic E-state index is 14.0. The van der Waals surface area contributed by atoms with Gasteiger partial charge in [-0.05, 0) is 88.3 Å². The van der Waals surface area contributed by atoms with Gasteiger partial charge in [-0.15, -0.1) is 0 Å². The van der Waals surface area contributed by atoms with E-state index in [1.165, 1.54) is 6.07 Å². The second-order valence-corrected chi connectivity index (χ2v) is 12.2. The lowest BCUT2D eigenvalue weighted by Gasteiger charge is -2.52. The number of aliphatic hydroxyl groups excluding tert-OH is 2. The highest BCUT2D eigenvalue weighted by Gasteiger charge is 2.61. The summed E-state index contributed by atoms with van der Waals surface area (Å²) >= 11 is 0. The number of nitrogens with two attached hydrogens (primary N) is 1. The molecule has 5 rings (SSSR count). The Kier molecular flexibility index (Phi) is 7.52. The number of likely N-dealkylation sites (N-methyl/N-ethyl adjacent to an activating group) is 1. The number of aliphatic hydroxyl groups is 3. The number of ether oxygens (including phenoxy) is 1. The molecule has 1 heterocycles. The topological polar surface area (TPSA) is 174 Å². The summed E-state index contributed by atoms with van der Waals surface area (Å²) in [6.07, 6.45) is 2.43. The van der Waals surface area contributed by atoms with E-state index >= 15 is 0 Å². The van der Waals surface area contributed by atoms with Crippen LogP contribution in [0.3, 0.4) is 0 Å². The molecule has 11 nitrogen and oxygen atoms in total. The second-order valence-electron chi connectivity index (χ2n) is 12.2. The molecule has 1 aromatic rings. The summed E-state index contributed by atoms with van der Waals surface area (Å²) in [5.41, 5.74) is 5.70. The van der Waals surface area contributed by atoms with Gasteiger partial charge in [0.2, 0.25) is 5.79 Å². The fraction of sp³-hybridized carbons (Fsp3) is 0.567. The van der Waals surface area contributed by atoms with E-state index in [9.17, 15) is 34.8 Å². The number of carbonyl (C=O) groups excluding carboxylic acids is 3. The van der Waals surface area contributed by atoms with Crippen LogP contribution in [0.4, 0.5) is 0 Å². The van der Waals surface area contributed by atoms with E-state index in [1.54, 1.807) is 25.1 Å². The van der Waals surface area contributed by atoms with Gasteiger partial charge in [-0.2, -0.15) is 0 Å². The third-order valence-electron chi connectivity index (χ3n) is 9.56. The zero-order chi connectivity index (χ0) is 30.0. The van der Waals surface area contributed by atoms with Crippen LogP contribution in [-0.4, -0.2) is 100 Å². The van der Waals surface area contributed by atoms with Gasteiger partial charge in [-0.25, -0.2) is 0 Å². The second kappa shape index (κ2) is 10.5. The van der Waals surface area contributed by atoms with Crippen molar-refractivity contribution in [2.24, 2.45) is 29.4 Å².